The first-order chi connectivity index (χ1) is 7.58. The van der Waals surface area contributed by atoms with Crippen LogP contribution >= 0.6 is 15.9 Å². The van der Waals surface area contributed by atoms with Crippen LogP contribution in [0.2, 0.25) is 0 Å². The quantitative estimate of drug-likeness (QED) is 0.766. The van der Waals surface area contributed by atoms with Crippen molar-refractivity contribution in [2.75, 3.05) is 6.54 Å². The van der Waals surface area contributed by atoms with E-state index in [-0.39, 0.29) is 22.8 Å². The lowest BCUT2D eigenvalue weighted by Gasteiger charge is -2.16. The number of benzene rings is 1. The molecule has 1 aliphatic rings. The molecule has 0 bridgehead atoms. The van der Waals surface area contributed by atoms with E-state index in [1.54, 1.807) is 0 Å². The molecule has 5 heteroatoms. The smallest absolute Gasteiger partial charge is 0.224 e. The summed E-state index contributed by atoms with van der Waals surface area (Å²) < 4.78 is 26.3. The molecule has 1 saturated heterocycles. The number of likely N-dealkylation sites (tertiary alicyclic amines) is 1. The topological polar surface area (TPSA) is 20.3 Å². The van der Waals surface area contributed by atoms with Gasteiger partial charge in [-0.15, -0.1) is 0 Å². The number of hydrogen-bond donors (Lipinski definition) is 0. The second-order valence-electron chi connectivity index (χ2n) is 3.79. The third-order valence-electron chi connectivity index (χ3n) is 2.56. The summed E-state index contributed by atoms with van der Waals surface area (Å²) in [5, 5.41) is 0. The van der Waals surface area contributed by atoms with Crippen molar-refractivity contribution in [3.05, 3.63) is 35.4 Å². The van der Waals surface area contributed by atoms with Crippen LogP contribution in [0.4, 0.5) is 8.78 Å². The summed E-state index contributed by atoms with van der Waals surface area (Å²) >= 11 is 3.34. The number of halogens is 3. The Morgan fingerprint density at radius 1 is 1.44 bits per heavy atom. The Kier molecular flexibility index (Phi) is 3.23. The van der Waals surface area contributed by atoms with Crippen LogP contribution in [0.3, 0.4) is 0 Å². The van der Waals surface area contributed by atoms with Crippen LogP contribution in [0.15, 0.2) is 18.2 Å². The van der Waals surface area contributed by atoms with Gasteiger partial charge in [0.15, 0.2) is 11.6 Å². The van der Waals surface area contributed by atoms with Crippen molar-refractivity contribution in [2.45, 2.75) is 17.8 Å². The van der Waals surface area contributed by atoms with Gasteiger partial charge < -0.3 is 4.90 Å². The first kappa shape index (κ1) is 11.5. The van der Waals surface area contributed by atoms with Gasteiger partial charge in [0.05, 0.1) is 0 Å². The maximum Gasteiger partial charge on any atom is 0.224 e. The maximum atomic E-state index is 13.4. The largest absolute Gasteiger partial charge is 0.337 e. The molecule has 0 aromatic heterocycles. The van der Waals surface area contributed by atoms with Crippen molar-refractivity contribution < 1.29 is 13.6 Å². The van der Waals surface area contributed by atoms with Crippen molar-refractivity contribution >= 4 is 21.8 Å². The highest BCUT2D eigenvalue weighted by molar-refractivity contribution is 9.09. The van der Waals surface area contributed by atoms with Crippen molar-refractivity contribution in [1.29, 1.82) is 0 Å². The molecular formula is C11H10BrF2NO. The second kappa shape index (κ2) is 4.49. The van der Waals surface area contributed by atoms with E-state index in [9.17, 15) is 13.6 Å². The van der Waals surface area contributed by atoms with Gasteiger partial charge in [0, 0.05) is 29.9 Å². The highest BCUT2D eigenvalue weighted by Gasteiger charge is 2.28. The van der Waals surface area contributed by atoms with E-state index in [2.05, 4.69) is 15.9 Å². The molecule has 86 valence electrons. The van der Waals surface area contributed by atoms with E-state index < -0.39 is 11.6 Å². The van der Waals surface area contributed by atoms with Crippen molar-refractivity contribution in [3.8, 4) is 0 Å². The van der Waals surface area contributed by atoms with E-state index in [0.29, 0.717) is 13.0 Å². The van der Waals surface area contributed by atoms with E-state index in [1.807, 2.05) is 0 Å². The van der Waals surface area contributed by atoms with Crippen molar-refractivity contribution in [3.63, 3.8) is 0 Å². The van der Waals surface area contributed by atoms with E-state index in [1.165, 1.54) is 17.0 Å². The molecule has 0 radical (unpaired) electrons. The predicted octanol–water partition coefficient (Wildman–Crippen LogP) is 2.46. The van der Waals surface area contributed by atoms with Crippen molar-refractivity contribution in [1.82, 2.24) is 4.90 Å². The predicted molar refractivity (Wildman–Crippen MR) is 59.1 cm³/mol. The lowest BCUT2D eigenvalue weighted by molar-refractivity contribution is -0.128. The molecular weight excluding hydrogens is 280 g/mol. The summed E-state index contributed by atoms with van der Waals surface area (Å²) in [6.07, 6.45) is 0.414. The fourth-order valence-electron chi connectivity index (χ4n) is 1.75. The van der Waals surface area contributed by atoms with Crippen LogP contribution in [0.25, 0.3) is 0 Å². The van der Waals surface area contributed by atoms with E-state index in [0.717, 1.165) is 6.07 Å². The molecule has 2 nitrogen and oxygen atoms in total. The molecule has 0 spiro atoms. The molecule has 0 saturated carbocycles. The van der Waals surface area contributed by atoms with Crippen LogP contribution in [0.5, 0.6) is 0 Å². The van der Waals surface area contributed by atoms with E-state index in [4.69, 9.17) is 0 Å². The highest BCUT2D eigenvalue weighted by atomic mass is 79.9. The van der Waals surface area contributed by atoms with Gasteiger partial charge >= 0.3 is 0 Å². The molecule has 1 aliphatic heterocycles. The average molecular weight is 290 g/mol. The Hall–Kier alpha value is -0.970. The first-order valence-electron chi connectivity index (χ1n) is 4.92. The molecule has 1 heterocycles. The minimum atomic E-state index is -0.875. The molecule has 1 fully saturated rings. The molecule has 1 aromatic rings. The highest BCUT2D eigenvalue weighted by Crippen LogP contribution is 2.21. The Labute approximate surface area is 100 Å². The fraction of sp³-hybridized carbons (Fsp3) is 0.364. The molecule has 1 atom stereocenters. The zero-order chi connectivity index (χ0) is 11.7. The number of rotatable bonds is 2. The van der Waals surface area contributed by atoms with Gasteiger partial charge in [0.25, 0.3) is 0 Å². The maximum absolute atomic E-state index is 13.4. The summed E-state index contributed by atoms with van der Waals surface area (Å²) in [7, 11) is 0. The summed E-state index contributed by atoms with van der Waals surface area (Å²) in [5.74, 6) is -1.78. The number of amides is 1. The summed E-state index contributed by atoms with van der Waals surface area (Å²) in [6, 6.07) is 4.01. The van der Waals surface area contributed by atoms with Crippen LogP contribution in [-0.2, 0) is 11.3 Å². The lowest BCUT2D eigenvalue weighted by Crippen LogP contribution is -2.25. The van der Waals surface area contributed by atoms with Gasteiger partial charge in [0.1, 0.15) is 0 Å². The Morgan fingerprint density at radius 2 is 2.19 bits per heavy atom. The molecule has 0 N–H and O–H groups in total. The number of carbonyl (C=O) groups excluding carboxylic acids is 1. The summed E-state index contributed by atoms with van der Waals surface area (Å²) in [4.78, 5) is 13.1. The normalized spacial score (nSPS) is 20.6. The third-order valence-corrected chi connectivity index (χ3v) is 3.17. The summed E-state index contributed by atoms with van der Waals surface area (Å²) in [5.41, 5.74) is 0.218. The van der Waals surface area contributed by atoms with Gasteiger partial charge in [-0.2, -0.15) is 0 Å². The minimum Gasteiger partial charge on any atom is -0.337 e. The van der Waals surface area contributed by atoms with Crippen molar-refractivity contribution in [2.24, 2.45) is 0 Å². The standard InChI is InChI=1S/C11H10BrF2NO/c12-8-4-10(16)15(6-8)5-7-2-1-3-9(13)11(7)14/h1-3,8H,4-6H2. The number of hydrogen-bond acceptors (Lipinski definition) is 1. The zero-order valence-corrected chi connectivity index (χ0v) is 10.0. The SMILES string of the molecule is O=C1CC(Br)CN1Cc1cccc(F)c1F. The van der Waals surface area contributed by atoms with Crippen LogP contribution in [-0.4, -0.2) is 22.2 Å². The van der Waals surface area contributed by atoms with Gasteiger partial charge in [-0.1, -0.05) is 28.1 Å². The zero-order valence-electron chi connectivity index (χ0n) is 8.42. The van der Waals surface area contributed by atoms with Crippen LogP contribution in [0.1, 0.15) is 12.0 Å². The van der Waals surface area contributed by atoms with Gasteiger partial charge in [-0.3, -0.25) is 4.79 Å². The van der Waals surface area contributed by atoms with Crippen LogP contribution < -0.4 is 0 Å². The molecule has 1 amide bonds. The third kappa shape index (κ3) is 2.24. The minimum absolute atomic E-state index is 0.0365. The van der Waals surface area contributed by atoms with Gasteiger partial charge in [-0.05, 0) is 6.07 Å². The second-order valence-corrected chi connectivity index (χ2v) is 5.08. The number of nitrogens with zero attached hydrogens (tertiary/aromatic N) is 1. The fourth-order valence-corrected chi connectivity index (χ4v) is 2.38. The molecule has 16 heavy (non-hydrogen) atoms. The molecule has 1 aromatic carbocycles. The molecule has 1 unspecified atom stereocenters. The number of carbonyl (C=O) groups is 1. The van der Waals surface area contributed by atoms with Gasteiger partial charge in [-0.25, -0.2) is 8.78 Å². The Morgan fingerprint density at radius 3 is 2.81 bits per heavy atom. The monoisotopic (exact) mass is 289 g/mol. The Bertz CT molecular complexity index is 424. The molecule has 0 aliphatic carbocycles. The summed E-state index contributed by atoms with van der Waals surface area (Å²) in [6.45, 7) is 0.666. The van der Waals surface area contributed by atoms with E-state index >= 15 is 0 Å². The van der Waals surface area contributed by atoms with Gasteiger partial charge in [0.2, 0.25) is 5.91 Å². The number of alkyl halides is 1. The van der Waals surface area contributed by atoms with Crippen LogP contribution in [0, 0.1) is 11.6 Å². The first-order valence-corrected chi connectivity index (χ1v) is 5.84. The Balaban J connectivity index is 2.15. The lowest BCUT2D eigenvalue weighted by atomic mass is 10.2. The molecule has 2 rings (SSSR count). The average Bonchev–Trinajstić information content (AvgIpc) is 2.53.